The van der Waals surface area contributed by atoms with Crippen LogP contribution in [0.3, 0.4) is 0 Å². The summed E-state index contributed by atoms with van der Waals surface area (Å²) in [6.07, 6.45) is 9.48. The van der Waals surface area contributed by atoms with E-state index in [1.54, 1.807) is 0 Å². The Morgan fingerprint density at radius 3 is 3.18 bits per heavy atom. The maximum atomic E-state index is 4.09. The van der Waals surface area contributed by atoms with Crippen LogP contribution in [0.15, 0.2) is 36.0 Å². The monoisotopic (exact) mass is 146 g/mol. The van der Waals surface area contributed by atoms with Crippen molar-refractivity contribution < 1.29 is 0 Å². The molecule has 0 heterocycles. The van der Waals surface area contributed by atoms with E-state index in [2.05, 4.69) is 31.7 Å². The topological polar surface area (TPSA) is 0 Å². The molecule has 0 nitrogen and oxygen atoms in total. The van der Waals surface area contributed by atoms with Gasteiger partial charge in [0.05, 0.1) is 0 Å². The van der Waals surface area contributed by atoms with Crippen LogP contribution in [0.5, 0.6) is 0 Å². The molecule has 2 atom stereocenters. The van der Waals surface area contributed by atoms with Crippen molar-refractivity contribution in [2.45, 2.75) is 19.8 Å². The molecule has 0 aromatic carbocycles. The first kappa shape index (κ1) is 6.90. The third-order valence-corrected chi connectivity index (χ3v) is 2.78. The maximum absolute atomic E-state index is 4.09. The molecule has 0 aromatic rings. The highest BCUT2D eigenvalue weighted by Crippen LogP contribution is 2.40. The zero-order valence-corrected chi connectivity index (χ0v) is 7.01. The van der Waals surface area contributed by atoms with Crippen molar-refractivity contribution in [2.24, 2.45) is 11.8 Å². The van der Waals surface area contributed by atoms with Gasteiger partial charge in [-0.25, -0.2) is 0 Å². The SMILES string of the molecule is C=C1CCC2C=CC(C)=CC12. The van der Waals surface area contributed by atoms with Gasteiger partial charge in [0.25, 0.3) is 0 Å². The van der Waals surface area contributed by atoms with Gasteiger partial charge in [0, 0.05) is 5.92 Å². The summed E-state index contributed by atoms with van der Waals surface area (Å²) in [5.41, 5.74) is 2.83. The van der Waals surface area contributed by atoms with Gasteiger partial charge in [0.1, 0.15) is 0 Å². The van der Waals surface area contributed by atoms with E-state index in [-0.39, 0.29) is 0 Å². The van der Waals surface area contributed by atoms with Crippen molar-refractivity contribution >= 4 is 0 Å². The summed E-state index contributed by atoms with van der Waals surface area (Å²) in [5, 5.41) is 0. The molecule has 2 unspecified atom stereocenters. The molecular formula is C11H14. The number of allylic oxidation sites excluding steroid dienone is 5. The van der Waals surface area contributed by atoms with E-state index in [0.29, 0.717) is 5.92 Å². The lowest BCUT2D eigenvalue weighted by atomic mass is 9.87. The second kappa shape index (κ2) is 2.37. The molecule has 2 aliphatic carbocycles. The predicted molar refractivity (Wildman–Crippen MR) is 48.3 cm³/mol. The lowest BCUT2D eigenvalue weighted by Gasteiger charge is -2.17. The summed E-state index contributed by atoms with van der Waals surface area (Å²) >= 11 is 0. The Morgan fingerprint density at radius 2 is 2.36 bits per heavy atom. The molecule has 0 amide bonds. The Morgan fingerprint density at radius 1 is 1.55 bits per heavy atom. The minimum Gasteiger partial charge on any atom is -0.0992 e. The van der Waals surface area contributed by atoms with Crippen molar-refractivity contribution in [1.82, 2.24) is 0 Å². The van der Waals surface area contributed by atoms with Crippen LogP contribution in [0.25, 0.3) is 0 Å². The molecule has 2 rings (SSSR count). The second-order valence-electron chi connectivity index (χ2n) is 3.66. The Kier molecular flexibility index (Phi) is 1.49. The van der Waals surface area contributed by atoms with E-state index in [1.807, 2.05) is 0 Å². The van der Waals surface area contributed by atoms with Crippen molar-refractivity contribution in [3.63, 3.8) is 0 Å². The summed E-state index contributed by atoms with van der Waals surface area (Å²) in [4.78, 5) is 0. The fraction of sp³-hybridized carbons (Fsp3) is 0.455. The Hall–Kier alpha value is -0.780. The van der Waals surface area contributed by atoms with Gasteiger partial charge in [-0.2, -0.15) is 0 Å². The van der Waals surface area contributed by atoms with E-state index in [1.165, 1.54) is 24.0 Å². The average molecular weight is 146 g/mol. The first-order valence-electron chi connectivity index (χ1n) is 4.31. The van der Waals surface area contributed by atoms with E-state index in [4.69, 9.17) is 0 Å². The zero-order valence-electron chi connectivity index (χ0n) is 7.01. The molecule has 0 N–H and O–H groups in total. The highest BCUT2D eigenvalue weighted by atomic mass is 14.3. The van der Waals surface area contributed by atoms with Crippen molar-refractivity contribution in [3.05, 3.63) is 36.0 Å². The molecule has 0 heteroatoms. The van der Waals surface area contributed by atoms with Gasteiger partial charge in [-0.05, 0) is 25.7 Å². The number of rotatable bonds is 0. The molecular weight excluding hydrogens is 132 g/mol. The quantitative estimate of drug-likeness (QED) is 0.461. The first-order valence-corrected chi connectivity index (χ1v) is 4.31. The van der Waals surface area contributed by atoms with Crippen molar-refractivity contribution in [2.75, 3.05) is 0 Å². The number of hydrogen-bond donors (Lipinski definition) is 0. The lowest BCUT2D eigenvalue weighted by Crippen LogP contribution is -2.06. The maximum Gasteiger partial charge on any atom is 0.00428 e. The molecule has 1 saturated carbocycles. The molecule has 11 heavy (non-hydrogen) atoms. The third-order valence-electron chi connectivity index (χ3n) is 2.78. The Balaban J connectivity index is 2.29. The van der Waals surface area contributed by atoms with Gasteiger partial charge in [-0.1, -0.05) is 36.0 Å². The zero-order chi connectivity index (χ0) is 7.84. The second-order valence-corrected chi connectivity index (χ2v) is 3.66. The van der Waals surface area contributed by atoms with Gasteiger partial charge in [0.15, 0.2) is 0 Å². The largest absolute Gasteiger partial charge is 0.0992 e. The fourth-order valence-electron chi connectivity index (χ4n) is 2.07. The van der Waals surface area contributed by atoms with Crippen LogP contribution in [0.1, 0.15) is 19.8 Å². The van der Waals surface area contributed by atoms with Crippen LogP contribution < -0.4 is 0 Å². The van der Waals surface area contributed by atoms with Crippen LogP contribution in [0.4, 0.5) is 0 Å². The van der Waals surface area contributed by atoms with E-state index < -0.39 is 0 Å². The molecule has 1 fully saturated rings. The Labute approximate surface area is 68.3 Å². The fourth-order valence-corrected chi connectivity index (χ4v) is 2.07. The predicted octanol–water partition coefficient (Wildman–Crippen LogP) is 3.08. The van der Waals surface area contributed by atoms with E-state index in [9.17, 15) is 0 Å². The van der Waals surface area contributed by atoms with Crippen LogP contribution in [-0.4, -0.2) is 0 Å². The average Bonchev–Trinajstić information content (AvgIpc) is 2.33. The summed E-state index contributed by atoms with van der Waals surface area (Å²) in [5.74, 6) is 1.44. The summed E-state index contributed by atoms with van der Waals surface area (Å²) in [7, 11) is 0. The standard InChI is InChI=1S/C11H14/c1-8-3-5-10-6-4-9(2)11(10)7-8/h3,5,7,10-11H,2,4,6H2,1H3. The molecule has 0 saturated heterocycles. The molecule has 0 aliphatic heterocycles. The molecule has 2 aliphatic rings. The minimum absolute atomic E-state index is 0.667. The third kappa shape index (κ3) is 1.07. The minimum atomic E-state index is 0.667. The molecule has 58 valence electrons. The van der Waals surface area contributed by atoms with Gasteiger partial charge in [0.2, 0.25) is 0 Å². The summed E-state index contributed by atoms with van der Waals surface area (Å²) < 4.78 is 0. The summed E-state index contributed by atoms with van der Waals surface area (Å²) in [6.45, 7) is 6.26. The molecule has 0 radical (unpaired) electrons. The first-order chi connectivity index (χ1) is 5.27. The molecule has 0 bridgehead atoms. The van der Waals surface area contributed by atoms with Gasteiger partial charge < -0.3 is 0 Å². The Bertz CT molecular complexity index is 243. The smallest absolute Gasteiger partial charge is 0.00428 e. The van der Waals surface area contributed by atoms with Gasteiger partial charge >= 0.3 is 0 Å². The van der Waals surface area contributed by atoms with Crippen molar-refractivity contribution in [3.8, 4) is 0 Å². The number of hydrogen-bond acceptors (Lipinski definition) is 0. The van der Waals surface area contributed by atoms with Crippen LogP contribution in [0.2, 0.25) is 0 Å². The van der Waals surface area contributed by atoms with E-state index in [0.717, 1.165) is 5.92 Å². The van der Waals surface area contributed by atoms with E-state index >= 15 is 0 Å². The molecule has 0 spiro atoms. The molecule has 0 aromatic heterocycles. The highest BCUT2D eigenvalue weighted by molar-refractivity contribution is 5.31. The number of fused-ring (bicyclic) bond motifs is 1. The lowest BCUT2D eigenvalue weighted by molar-refractivity contribution is 0.586. The highest BCUT2D eigenvalue weighted by Gasteiger charge is 2.27. The van der Waals surface area contributed by atoms with Crippen LogP contribution >= 0.6 is 0 Å². The van der Waals surface area contributed by atoms with Crippen molar-refractivity contribution in [1.29, 1.82) is 0 Å². The van der Waals surface area contributed by atoms with Gasteiger partial charge in [-0.3, -0.25) is 0 Å². The summed E-state index contributed by atoms with van der Waals surface area (Å²) in [6, 6.07) is 0. The van der Waals surface area contributed by atoms with Crippen LogP contribution in [0, 0.1) is 11.8 Å². The van der Waals surface area contributed by atoms with Crippen LogP contribution in [-0.2, 0) is 0 Å². The normalized spacial score (nSPS) is 35.4. The van der Waals surface area contributed by atoms with Gasteiger partial charge in [-0.15, -0.1) is 0 Å².